The Hall–Kier alpha value is -0.620. The van der Waals surface area contributed by atoms with E-state index in [4.69, 9.17) is 34.8 Å². The second-order valence-electron chi connectivity index (χ2n) is 3.24. The van der Waals surface area contributed by atoms with Crippen molar-refractivity contribution in [3.05, 3.63) is 31.9 Å². The van der Waals surface area contributed by atoms with E-state index in [1.807, 2.05) is 24.1 Å². The number of thiophene rings is 1. The van der Waals surface area contributed by atoms with Crippen LogP contribution in [0.15, 0.2) is 12.1 Å². The van der Waals surface area contributed by atoms with Crippen LogP contribution >= 0.6 is 46.1 Å². The fourth-order valence-electron chi connectivity index (χ4n) is 1.23. The summed E-state index contributed by atoms with van der Waals surface area (Å²) in [6.07, 6.45) is 0. The van der Waals surface area contributed by atoms with Crippen molar-refractivity contribution < 1.29 is 0 Å². The predicted molar refractivity (Wildman–Crippen MR) is 71.3 cm³/mol. The minimum atomic E-state index is 0.0797. The molecule has 90 valence electrons. The van der Waals surface area contributed by atoms with Crippen molar-refractivity contribution in [3.63, 3.8) is 0 Å². The molecule has 17 heavy (non-hydrogen) atoms. The predicted octanol–water partition coefficient (Wildman–Crippen LogP) is 3.53. The van der Waals surface area contributed by atoms with Crippen LogP contribution in [-0.2, 0) is 6.54 Å². The van der Waals surface area contributed by atoms with Crippen molar-refractivity contribution in [1.29, 1.82) is 0 Å². The minimum Gasteiger partial charge on any atom is -0.339 e. The molecule has 0 aromatic carbocycles. The van der Waals surface area contributed by atoms with E-state index in [0.717, 1.165) is 9.21 Å². The molecule has 0 bridgehead atoms. The van der Waals surface area contributed by atoms with E-state index in [-0.39, 0.29) is 10.6 Å². The summed E-state index contributed by atoms with van der Waals surface area (Å²) in [6.45, 7) is 0.633. The van der Waals surface area contributed by atoms with Gasteiger partial charge in [-0.15, -0.1) is 11.3 Å². The molecule has 0 atom stereocenters. The average molecular weight is 310 g/mol. The van der Waals surface area contributed by atoms with E-state index in [1.165, 1.54) is 11.3 Å². The Morgan fingerprint density at radius 1 is 1.12 bits per heavy atom. The summed E-state index contributed by atoms with van der Waals surface area (Å²) in [5.41, 5.74) is 0. The summed E-state index contributed by atoms with van der Waals surface area (Å²) < 4.78 is 0.750. The lowest BCUT2D eigenvalue weighted by Crippen LogP contribution is -2.18. The first kappa shape index (κ1) is 12.8. The molecule has 4 nitrogen and oxygen atoms in total. The Morgan fingerprint density at radius 2 is 1.76 bits per heavy atom. The molecule has 2 aromatic rings. The molecule has 0 spiro atoms. The zero-order valence-corrected chi connectivity index (χ0v) is 11.8. The molecule has 0 unspecified atom stereocenters. The Bertz CT molecular complexity index is 510. The lowest BCUT2D eigenvalue weighted by molar-refractivity contribution is 0.862. The highest BCUT2D eigenvalue weighted by molar-refractivity contribution is 7.16. The molecule has 0 saturated heterocycles. The highest BCUT2D eigenvalue weighted by Crippen LogP contribution is 2.23. The Labute approximate surface area is 117 Å². The van der Waals surface area contributed by atoms with Gasteiger partial charge in [-0.25, -0.2) is 0 Å². The van der Waals surface area contributed by atoms with Crippen LogP contribution in [0.5, 0.6) is 0 Å². The smallest absolute Gasteiger partial charge is 0.231 e. The zero-order chi connectivity index (χ0) is 12.4. The molecule has 2 rings (SSSR count). The van der Waals surface area contributed by atoms with Gasteiger partial charge in [-0.2, -0.15) is 15.0 Å². The van der Waals surface area contributed by atoms with Crippen LogP contribution in [0, 0.1) is 0 Å². The normalized spacial score (nSPS) is 10.6. The van der Waals surface area contributed by atoms with Crippen LogP contribution in [0.1, 0.15) is 4.88 Å². The Morgan fingerprint density at radius 3 is 2.29 bits per heavy atom. The molecule has 0 fully saturated rings. The molecule has 0 saturated carbocycles. The van der Waals surface area contributed by atoms with Gasteiger partial charge in [-0.1, -0.05) is 11.6 Å². The van der Waals surface area contributed by atoms with Gasteiger partial charge in [0.25, 0.3) is 0 Å². The average Bonchev–Trinajstić information content (AvgIpc) is 2.62. The van der Waals surface area contributed by atoms with Crippen LogP contribution in [0.2, 0.25) is 14.9 Å². The van der Waals surface area contributed by atoms with Gasteiger partial charge in [0, 0.05) is 11.9 Å². The third-order valence-corrected chi connectivity index (χ3v) is 3.49. The monoisotopic (exact) mass is 308 g/mol. The number of hydrogen-bond donors (Lipinski definition) is 0. The first-order valence-electron chi connectivity index (χ1n) is 4.57. The highest BCUT2D eigenvalue weighted by atomic mass is 35.5. The molecule has 2 aromatic heterocycles. The molecule has 0 aliphatic rings. The van der Waals surface area contributed by atoms with Gasteiger partial charge in [-0.3, -0.25) is 0 Å². The Kier molecular flexibility index (Phi) is 4.04. The fraction of sp³-hybridized carbons (Fsp3) is 0.222. The summed E-state index contributed by atoms with van der Waals surface area (Å²) in [4.78, 5) is 14.6. The van der Waals surface area contributed by atoms with Gasteiger partial charge in [0.05, 0.1) is 10.9 Å². The van der Waals surface area contributed by atoms with Crippen molar-refractivity contribution in [2.75, 3.05) is 11.9 Å². The lowest BCUT2D eigenvalue weighted by atomic mass is 10.4. The van der Waals surface area contributed by atoms with Crippen molar-refractivity contribution in [2.24, 2.45) is 0 Å². The fourth-order valence-corrected chi connectivity index (χ4v) is 2.72. The maximum Gasteiger partial charge on any atom is 0.231 e. The number of anilines is 1. The minimum absolute atomic E-state index is 0.0797. The van der Waals surface area contributed by atoms with Gasteiger partial charge < -0.3 is 4.90 Å². The number of halogens is 3. The lowest BCUT2D eigenvalue weighted by Gasteiger charge is -2.15. The quantitative estimate of drug-likeness (QED) is 0.870. The summed E-state index contributed by atoms with van der Waals surface area (Å²) in [6, 6.07) is 3.80. The number of hydrogen-bond acceptors (Lipinski definition) is 5. The topological polar surface area (TPSA) is 41.9 Å². The third kappa shape index (κ3) is 3.42. The van der Waals surface area contributed by atoms with Gasteiger partial charge in [0.1, 0.15) is 0 Å². The summed E-state index contributed by atoms with van der Waals surface area (Å²) in [5.74, 6) is 0.430. The highest BCUT2D eigenvalue weighted by Gasteiger charge is 2.10. The number of aromatic nitrogens is 3. The molecule has 0 N–H and O–H groups in total. The maximum absolute atomic E-state index is 5.86. The van der Waals surface area contributed by atoms with Crippen molar-refractivity contribution in [3.8, 4) is 0 Å². The first-order valence-corrected chi connectivity index (χ1v) is 6.52. The van der Waals surface area contributed by atoms with Gasteiger partial charge >= 0.3 is 0 Å². The summed E-state index contributed by atoms with van der Waals surface area (Å²) in [7, 11) is 1.84. The van der Waals surface area contributed by atoms with Crippen LogP contribution in [0.3, 0.4) is 0 Å². The maximum atomic E-state index is 5.86. The molecule has 0 amide bonds. The second-order valence-corrected chi connectivity index (χ2v) is 5.71. The van der Waals surface area contributed by atoms with E-state index in [1.54, 1.807) is 0 Å². The molecular formula is C9H7Cl3N4S. The molecule has 0 aliphatic heterocycles. The van der Waals surface area contributed by atoms with Crippen LogP contribution in [-0.4, -0.2) is 22.0 Å². The van der Waals surface area contributed by atoms with E-state index >= 15 is 0 Å². The van der Waals surface area contributed by atoms with Gasteiger partial charge in [0.15, 0.2) is 0 Å². The third-order valence-electron chi connectivity index (χ3n) is 1.93. The van der Waals surface area contributed by atoms with Crippen molar-refractivity contribution >= 4 is 52.1 Å². The first-order chi connectivity index (χ1) is 8.04. The van der Waals surface area contributed by atoms with Crippen LogP contribution in [0.25, 0.3) is 0 Å². The second kappa shape index (κ2) is 5.35. The standard InChI is InChI=1S/C9H7Cl3N4S/c1-16(4-5-2-3-6(10)17-5)9-14-7(11)13-8(12)15-9/h2-3H,4H2,1H3. The zero-order valence-electron chi connectivity index (χ0n) is 8.69. The molecule has 0 aliphatic carbocycles. The van der Waals surface area contributed by atoms with E-state index in [9.17, 15) is 0 Å². The Balaban J connectivity index is 2.16. The number of rotatable bonds is 3. The molecule has 8 heteroatoms. The van der Waals surface area contributed by atoms with Crippen LogP contribution in [0.4, 0.5) is 5.95 Å². The van der Waals surface area contributed by atoms with Crippen molar-refractivity contribution in [1.82, 2.24) is 15.0 Å². The molecule has 2 heterocycles. The molecule has 0 radical (unpaired) electrons. The largest absolute Gasteiger partial charge is 0.339 e. The summed E-state index contributed by atoms with van der Waals surface area (Å²) >= 11 is 18.8. The van der Waals surface area contributed by atoms with Gasteiger partial charge in [-0.05, 0) is 35.3 Å². The van der Waals surface area contributed by atoms with Crippen molar-refractivity contribution in [2.45, 2.75) is 6.54 Å². The van der Waals surface area contributed by atoms with E-state index in [0.29, 0.717) is 12.5 Å². The van der Waals surface area contributed by atoms with E-state index < -0.39 is 0 Å². The summed E-state index contributed by atoms with van der Waals surface area (Å²) in [5, 5.41) is 0.159. The SMILES string of the molecule is CN(Cc1ccc(Cl)s1)c1nc(Cl)nc(Cl)n1. The molecular weight excluding hydrogens is 303 g/mol. The van der Waals surface area contributed by atoms with Crippen LogP contribution < -0.4 is 4.90 Å². The number of nitrogens with zero attached hydrogens (tertiary/aromatic N) is 4. The van der Waals surface area contributed by atoms with Gasteiger partial charge in [0.2, 0.25) is 16.5 Å². The van der Waals surface area contributed by atoms with E-state index in [2.05, 4.69) is 15.0 Å².